The minimum absolute atomic E-state index is 0.0957. The van der Waals surface area contributed by atoms with Crippen molar-refractivity contribution in [1.29, 1.82) is 0 Å². The Kier molecular flexibility index (Phi) is 5.34. The molecule has 0 unspecified atom stereocenters. The third kappa shape index (κ3) is 3.88. The third-order valence-corrected chi connectivity index (χ3v) is 5.78. The van der Waals surface area contributed by atoms with Gasteiger partial charge in [0.2, 0.25) is 5.91 Å². The molecule has 0 spiro atoms. The molecule has 1 fully saturated rings. The van der Waals surface area contributed by atoms with Gasteiger partial charge in [0, 0.05) is 5.39 Å². The van der Waals surface area contributed by atoms with Gasteiger partial charge in [-0.3, -0.25) is 9.59 Å². The van der Waals surface area contributed by atoms with Crippen LogP contribution in [0.15, 0.2) is 59.5 Å². The van der Waals surface area contributed by atoms with Crippen molar-refractivity contribution in [2.24, 2.45) is 0 Å². The first kappa shape index (κ1) is 19.2. The molecule has 1 heterocycles. The second kappa shape index (κ2) is 8.07. The number of rotatable bonds is 5. The zero-order valence-electron chi connectivity index (χ0n) is 16.6. The predicted molar refractivity (Wildman–Crippen MR) is 112 cm³/mol. The largest absolute Gasteiger partial charge is 0.497 e. The fourth-order valence-corrected chi connectivity index (χ4v) is 4.23. The maximum atomic E-state index is 12.9. The number of hydrogen-bond acceptors (Lipinski definition) is 4. The molecule has 0 bridgehead atoms. The normalized spacial score (nSPS) is 15.8. The second-order valence-electron chi connectivity index (χ2n) is 7.61. The quantitative estimate of drug-likeness (QED) is 0.724. The number of amides is 1. The summed E-state index contributed by atoms with van der Waals surface area (Å²) in [5.41, 5.74) is 0.410. The molecule has 0 aliphatic heterocycles. The van der Waals surface area contributed by atoms with E-state index < -0.39 is 5.54 Å². The van der Waals surface area contributed by atoms with Gasteiger partial charge in [-0.1, -0.05) is 49.6 Å². The second-order valence-corrected chi connectivity index (χ2v) is 7.61. The molecule has 3 aromatic rings. The molecule has 29 heavy (non-hydrogen) atoms. The van der Waals surface area contributed by atoms with Crippen molar-refractivity contribution in [3.8, 4) is 5.75 Å². The monoisotopic (exact) mass is 391 g/mol. The van der Waals surface area contributed by atoms with Gasteiger partial charge in [0.1, 0.15) is 12.3 Å². The fraction of sp³-hybridized carbons (Fsp3) is 0.348. The topological polar surface area (TPSA) is 73.2 Å². The van der Waals surface area contributed by atoms with E-state index in [9.17, 15) is 9.59 Å². The zero-order chi connectivity index (χ0) is 20.3. The van der Waals surface area contributed by atoms with E-state index in [1.807, 2.05) is 42.5 Å². The standard InChI is InChI=1S/C23H25N3O3/c1-29-19-11-9-18(10-12-19)23(13-5-2-6-14-23)25-21(27)16-26-22(28)20-8-4-3-7-17(20)15-24-26/h3-4,7-12,15H,2,5-6,13-14,16H2,1H3,(H,25,27). The molecule has 1 N–H and O–H groups in total. The minimum atomic E-state index is -0.415. The Morgan fingerprint density at radius 3 is 2.55 bits per heavy atom. The van der Waals surface area contributed by atoms with Crippen LogP contribution >= 0.6 is 0 Å². The van der Waals surface area contributed by atoms with Gasteiger partial charge >= 0.3 is 0 Å². The van der Waals surface area contributed by atoms with Crippen molar-refractivity contribution in [1.82, 2.24) is 15.1 Å². The Labute approximate surface area is 169 Å². The number of nitrogens with one attached hydrogen (secondary N) is 1. The summed E-state index contributed by atoms with van der Waals surface area (Å²) >= 11 is 0. The van der Waals surface area contributed by atoms with Crippen molar-refractivity contribution in [3.63, 3.8) is 0 Å². The third-order valence-electron chi connectivity index (χ3n) is 5.78. The molecule has 4 rings (SSSR count). The lowest BCUT2D eigenvalue weighted by molar-refractivity contribution is -0.124. The maximum absolute atomic E-state index is 12.9. The van der Waals surface area contributed by atoms with Gasteiger partial charge in [-0.2, -0.15) is 5.10 Å². The molecule has 150 valence electrons. The number of ether oxygens (including phenoxy) is 1. The van der Waals surface area contributed by atoms with Crippen LogP contribution in [0.2, 0.25) is 0 Å². The molecular weight excluding hydrogens is 366 g/mol. The van der Waals surface area contributed by atoms with E-state index in [0.29, 0.717) is 5.39 Å². The number of aromatic nitrogens is 2. The van der Waals surface area contributed by atoms with Crippen LogP contribution in [0.25, 0.3) is 10.8 Å². The lowest BCUT2D eigenvalue weighted by Crippen LogP contribution is -2.49. The molecule has 1 aromatic heterocycles. The molecule has 6 nitrogen and oxygen atoms in total. The first-order valence-electron chi connectivity index (χ1n) is 10.0. The van der Waals surface area contributed by atoms with E-state index in [1.165, 1.54) is 11.1 Å². The van der Waals surface area contributed by atoms with Gasteiger partial charge in [0.15, 0.2) is 0 Å². The Morgan fingerprint density at radius 1 is 1.10 bits per heavy atom. The number of hydrogen-bond donors (Lipinski definition) is 1. The summed E-state index contributed by atoms with van der Waals surface area (Å²) in [5, 5.41) is 8.76. The maximum Gasteiger partial charge on any atom is 0.275 e. The number of carbonyl (C=O) groups excluding carboxylic acids is 1. The van der Waals surface area contributed by atoms with Crippen molar-refractivity contribution >= 4 is 16.7 Å². The van der Waals surface area contributed by atoms with E-state index in [4.69, 9.17) is 4.74 Å². The van der Waals surface area contributed by atoms with E-state index in [1.54, 1.807) is 19.4 Å². The van der Waals surface area contributed by atoms with Crippen LogP contribution in [0.1, 0.15) is 37.7 Å². The molecule has 2 aromatic carbocycles. The molecule has 0 atom stereocenters. The fourth-order valence-electron chi connectivity index (χ4n) is 4.23. The van der Waals surface area contributed by atoms with Gasteiger partial charge in [-0.05, 0) is 36.6 Å². The van der Waals surface area contributed by atoms with Gasteiger partial charge in [0.25, 0.3) is 5.56 Å². The van der Waals surface area contributed by atoms with Crippen LogP contribution < -0.4 is 15.6 Å². The van der Waals surface area contributed by atoms with E-state index in [2.05, 4.69) is 10.4 Å². The van der Waals surface area contributed by atoms with Crippen molar-refractivity contribution < 1.29 is 9.53 Å². The predicted octanol–water partition coefficient (Wildman–Crippen LogP) is 3.38. The Balaban J connectivity index is 1.58. The number of carbonyl (C=O) groups is 1. The summed E-state index contributed by atoms with van der Waals surface area (Å²) in [5.74, 6) is 0.588. The van der Waals surface area contributed by atoms with Gasteiger partial charge < -0.3 is 10.1 Å². The van der Waals surface area contributed by atoms with Crippen LogP contribution in [0.3, 0.4) is 0 Å². The Bertz CT molecular complexity index is 1070. The summed E-state index contributed by atoms with van der Waals surface area (Å²) in [6.45, 7) is -0.0957. The molecule has 6 heteroatoms. The highest BCUT2D eigenvalue weighted by Crippen LogP contribution is 2.37. The molecule has 0 saturated heterocycles. The summed E-state index contributed by atoms with van der Waals surface area (Å²) in [6.07, 6.45) is 6.67. The molecule has 1 saturated carbocycles. The average molecular weight is 391 g/mol. The highest BCUT2D eigenvalue weighted by atomic mass is 16.5. The number of nitrogens with zero attached hydrogens (tertiary/aromatic N) is 2. The van der Waals surface area contributed by atoms with Crippen molar-refractivity contribution in [3.05, 3.63) is 70.6 Å². The summed E-state index contributed by atoms with van der Waals surface area (Å²) in [7, 11) is 1.64. The van der Waals surface area contributed by atoms with E-state index >= 15 is 0 Å². The number of benzene rings is 2. The molecular formula is C23H25N3O3. The van der Waals surface area contributed by atoms with Crippen molar-refractivity contribution in [2.45, 2.75) is 44.2 Å². The van der Waals surface area contributed by atoms with Crippen LogP contribution in [0, 0.1) is 0 Å². The SMILES string of the molecule is COc1ccc(C2(NC(=O)Cn3ncc4ccccc4c3=O)CCCCC2)cc1. The molecule has 1 aliphatic rings. The summed E-state index contributed by atoms with van der Waals surface area (Å²) in [6, 6.07) is 15.2. The highest BCUT2D eigenvalue weighted by Gasteiger charge is 2.35. The molecule has 1 aliphatic carbocycles. The average Bonchev–Trinajstić information content (AvgIpc) is 2.76. The van der Waals surface area contributed by atoms with E-state index in [-0.39, 0.29) is 18.0 Å². The smallest absolute Gasteiger partial charge is 0.275 e. The summed E-state index contributed by atoms with van der Waals surface area (Å²) in [4.78, 5) is 25.6. The Morgan fingerprint density at radius 2 is 1.83 bits per heavy atom. The minimum Gasteiger partial charge on any atom is -0.497 e. The molecule has 1 amide bonds. The summed E-state index contributed by atoms with van der Waals surface area (Å²) < 4.78 is 6.50. The zero-order valence-corrected chi connectivity index (χ0v) is 16.6. The van der Waals surface area contributed by atoms with Crippen molar-refractivity contribution in [2.75, 3.05) is 7.11 Å². The number of methoxy groups -OCH3 is 1. The van der Waals surface area contributed by atoms with Gasteiger partial charge in [0.05, 0.1) is 24.2 Å². The first-order valence-corrected chi connectivity index (χ1v) is 10.0. The van der Waals surface area contributed by atoms with Crippen LogP contribution in [-0.4, -0.2) is 22.8 Å². The lowest BCUT2D eigenvalue weighted by Gasteiger charge is -2.39. The van der Waals surface area contributed by atoms with E-state index in [0.717, 1.165) is 42.4 Å². The number of fused-ring (bicyclic) bond motifs is 1. The first-order chi connectivity index (χ1) is 14.1. The van der Waals surface area contributed by atoms with Crippen LogP contribution in [-0.2, 0) is 16.9 Å². The van der Waals surface area contributed by atoms with Crippen LogP contribution in [0.5, 0.6) is 5.75 Å². The van der Waals surface area contributed by atoms with Crippen LogP contribution in [0.4, 0.5) is 0 Å². The van der Waals surface area contributed by atoms with Gasteiger partial charge in [-0.15, -0.1) is 0 Å². The highest BCUT2D eigenvalue weighted by molar-refractivity contribution is 5.81. The molecule has 0 radical (unpaired) electrons. The lowest BCUT2D eigenvalue weighted by atomic mass is 9.76. The Hall–Kier alpha value is -3.15. The van der Waals surface area contributed by atoms with Gasteiger partial charge in [-0.25, -0.2) is 4.68 Å².